The number of carbonyl (C=O) groups is 1. The van der Waals surface area contributed by atoms with Gasteiger partial charge in [0.1, 0.15) is 10.2 Å². The van der Waals surface area contributed by atoms with Crippen LogP contribution in [0.5, 0.6) is 0 Å². The smallest absolute Gasteiger partial charge is 0.317 e. The molecule has 2 amide bonds. The minimum atomic E-state index is -0.387. The molecule has 1 saturated heterocycles. The summed E-state index contributed by atoms with van der Waals surface area (Å²) in [6.07, 6.45) is 0.822. The number of halogens is 1. The normalized spacial score (nSPS) is 25.7. The van der Waals surface area contributed by atoms with E-state index in [1.165, 1.54) is 0 Å². The molecule has 1 aromatic heterocycles. The molecule has 19 heavy (non-hydrogen) atoms. The summed E-state index contributed by atoms with van der Waals surface area (Å²) in [4.78, 5) is 13.7. The second-order valence-corrected chi connectivity index (χ2v) is 5.74. The van der Waals surface area contributed by atoms with Gasteiger partial charge in [0.25, 0.3) is 0 Å². The van der Waals surface area contributed by atoms with Crippen molar-refractivity contribution in [3.8, 4) is 0 Å². The maximum atomic E-state index is 11.9. The minimum absolute atomic E-state index is 0.0151. The average Bonchev–Trinajstić information content (AvgIpc) is 2.95. The molecule has 2 aliphatic rings. The number of amides is 2. The van der Waals surface area contributed by atoms with Crippen molar-refractivity contribution in [2.24, 2.45) is 0 Å². The van der Waals surface area contributed by atoms with E-state index >= 15 is 0 Å². The Morgan fingerprint density at radius 1 is 1.63 bits per heavy atom. The predicted molar refractivity (Wildman–Crippen MR) is 72.8 cm³/mol. The Balaban J connectivity index is 1.85. The monoisotopic (exact) mass is 328 g/mol. The standard InChI is InChI=1S/C12H17BrN4O2/c1-2-14-11(18)16-4-3-12(8-16)9-7-10(13)15-17(9)5-6-19-12/h7H,2-6,8H2,1H3,(H,14,18)/t12-/m0/s1. The zero-order chi connectivity index (χ0) is 13.5. The van der Waals surface area contributed by atoms with Crippen LogP contribution in [0.4, 0.5) is 4.79 Å². The fourth-order valence-electron chi connectivity index (χ4n) is 2.87. The van der Waals surface area contributed by atoms with Gasteiger partial charge in [-0.2, -0.15) is 5.10 Å². The maximum absolute atomic E-state index is 11.9. The van der Waals surface area contributed by atoms with Crippen molar-refractivity contribution in [2.75, 3.05) is 26.2 Å². The highest BCUT2D eigenvalue weighted by molar-refractivity contribution is 9.10. The lowest BCUT2D eigenvalue weighted by Crippen LogP contribution is -2.44. The number of carbonyl (C=O) groups excluding carboxylic acids is 1. The Bertz CT molecular complexity index is 504. The van der Waals surface area contributed by atoms with Crippen molar-refractivity contribution in [3.63, 3.8) is 0 Å². The number of fused-ring (bicyclic) bond motifs is 2. The van der Waals surface area contributed by atoms with E-state index in [1.807, 2.05) is 22.6 Å². The third-order valence-electron chi connectivity index (χ3n) is 3.75. The molecular formula is C12H17BrN4O2. The zero-order valence-electron chi connectivity index (χ0n) is 10.9. The van der Waals surface area contributed by atoms with Gasteiger partial charge in [-0.3, -0.25) is 4.68 Å². The molecule has 2 aliphatic heterocycles. The maximum Gasteiger partial charge on any atom is 0.317 e. The van der Waals surface area contributed by atoms with E-state index in [0.717, 1.165) is 23.3 Å². The van der Waals surface area contributed by atoms with Gasteiger partial charge in [-0.1, -0.05) is 0 Å². The molecule has 1 spiro atoms. The van der Waals surface area contributed by atoms with Crippen molar-refractivity contribution in [2.45, 2.75) is 25.5 Å². The zero-order valence-corrected chi connectivity index (χ0v) is 12.4. The van der Waals surface area contributed by atoms with Crippen LogP contribution < -0.4 is 5.32 Å². The quantitative estimate of drug-likeness (QED) is 0.845. The first-order chi connectivity index (χ1) is 9.14. The van der Waals surface area contributed by atoms with E-state index in [4.69, 9.17) is 4.74 Å². The summed E-state index contributed by atoms with van der Waals surface area (Å²) in [5, 5.41) is 7.25. The van der Waals surface area contributed by atoms with E-state index < -0.39 is 0 Å². The molecule has 0 bridgehead atoms. The highest BCUT2D eigenvalue weighted by Gasteiger charge is 2.46. The van der Waals surface area contributed by atoms with Gasteiger partial charge < -0.3 is 15.0 Å². The van der Waals surface area contributed by atoms with E-state index in [-0.39, 0.29) is 11.6 Å². The number of nitrogens with one attached hydrogen (secondary N) is 1. The highest BCUT2D eigenvalue weighted by Crippen LogP contribution is 2.39. The molecule has 0 radical (unpaired) electrons. The lowest BCUT2D eigenvalue weighted by molar-refractivity contribution is -0.0701. The average molecular weight is 329 g/mol. The first-order valence-corrected chi connectivity index (χ1v) is 7.34. The van der Waals surface area contributed by atoms with Gasteiger partial charge in [-0.15, -0.1) is 0 Å². The summed E-state index contributed by atoms with van der Waals surface area (Å²) in [5.41, 5.74) is 0.681. The van der Waals surface area contributed by atoms with Crippen molar-refractivity contribution >= 4 is 22.0 Å². The molecule has 3 heterocycles. The minimum Gasteiger partial charge on any atom is -0.365 e. The SMILES string of the molecule is CCNC(=O)N1CC[C@@]2(C1)OCCn1nc(Br)cc12. The molecule has 1 fully saturated rings. The molecular weight excluding hydrogens is 312 g/mol. The van der Waals surface area contributed by atoms with Crippen molar-refractivity contribution in [1.29, 1.82) is 0 Å². The van der Waals surface area contributed by atoms with Gasteiger partial charge in [0.15, 0.2) is 0 Å². The fourth-order valence-corrected chi connectivity index (χ4v) is 3.28. The number of ether oxygens (including phenoxy) is 1. The third-order valence-corrected chi connectivity index (χ3v) is 4.13. The van der Waals surface area contributed by atoms with Crippen LogP contribution in [0, 0.1) is 0 Å². The Hall–Kier alpha value is -1.08. The molecule has 104 valence electrons. The van der Waals surface area contributed by atoms with Crippen molar-refractivity contribution < 1.29 is 9.53 Å². The fraction of sp³-hybridized carbons (Fsp3) is 0.667. The van der Waals surface area contributed by atoms with Crippen LogP contribution in [0.1, 0.15) is 19.0 Å². The number of hydrogen-bond donors (Lipinski definition) is 1. The van der Waals surface area contributed by atoms with E-state index in [1.54, 1.807) is 0 Å². The summed E-state index contributed by atoms with van der Waals surface area (Å²) in [5.74, 6) is 0. The summed E-state index contributed by atoms with van der Waals surface area (Å²) in [7, 11) is 0. The lowest BCUT2D eigenvalue weighted by atomic mass is 9.97. The van der Waals surface area contributed by atoms with Gasteiger partial charge in [-0.25, -0.2) is 4.79 Å². The van der Waals surface area contributed by atoms with E-state index in [0.29, 0.717) is 26.2 Å². The summed E-state index contributed by atoms with van der Waals surface area (Å²) in [6.45, 7) is 5.29. The molecule has 0 unspecified atom stereocenters. The van der Waals surface area contributed by atoms with E-state index in [2.05, 4.69) is 26.3 Å². The molecule has 1 atom stereocenters. The molecule has 7 heteroatoms. The highest BCUT2D eigenvalue weighted by atomic mass is 79.9. The van der Waals surface area contributed by atoms with Crippen LogP contribution in [0.25, 0.3) is 0 Å². The van der Waals surface area contributed by atoms with Crippen LogP contribution in [-0.2, 0) is 16.9 Å². The number of hydrogen-bond acceptors (Lipinski definition) is 3. The van der Waals surface area contributed by atoms with Crippen LogP contribution in [0.2, 0.25) is 0 Å². The number of urea groups is 1. The summed E-state index contributed by atoms with van der Waals surface area (Å²) in [6, 6.07) is 1.99. The second-order valence-electron chi connectivity index (χ2n) is 4.93. The summed E-state index contributed by atoms with van der Waals surface area (Å²) < 4.78 is 8.83. The number of aromatic nitrogens is 2. The van der Waals surface area contributed by atoms with Crippen LogP contribution >= 0.6 is 15.9 Å². The second kappa shape index (κ2) is 4.79. The van der Waals surface area contributed by atoms with Gasteiger partial charge >= 0.3 is 6.03 Å². The molecule has 3 rings (SSSR count). The van der Waals surface area contributed by atoms with Crippen LogP contribution in [0.15, 0.2) is 10.7 Å². The van der Waals surface area contributed by atoms with Gasteiger partial charge in [0.2, 0.25) is 0 Å². The molecule has 0 aliphatic carbocycles. The molecule has 1 aromatic rings. The number of likely N-dealkylation sites (tertiary alicyclic amines) is 1. The Labute approximate surface area is 120 Å². The van der Waals surface area contributed by atoms with Gasteiger partial charge in [-0.05, 0) is 28.9 Å². The third kappa shape index (κ3) is 2.14. The predicted octanol–water partition coefficient (Wildman–Crippen LogP) is 1.31. The van der Waals surface area contributed by atoms with Crippen molar-refractivity contribution in [1.82, 2.24) is 20.0 Å². The van der Waals surface area contributed by atoms with Crippen LogP contribution in [-0.4, -0.2) is 47.0 Å². The first-order valence-electron chi connectivity index (χ1n) is 6.55. The van der Waals surface area contributed by atoms with Gasteiger partial charge in [0.05, 0.1) is 25.4 Å². The first kappa shape index (κ1) is 12.9. The Morgan fingerprint density at radius 2 is 2.47 bits per heavy atom. The molecule has 0 saturated carbocycles. The number of rotatable bonds is 1. The van der Waals surface area contributed by atoms with Gasteiger partial charge in [0, 0.05) is 19.5 Å². The Kier molecular flexibility index (Phi) is 3.26. The molecule has 6 nitrogen and oxygen atoms in total. The summed E-state index contributed by atoms with van der Waals surface area (Å²) >= 11 is 3.41. The number of nitrogens with zero attached hydrogens (tertiary/aromatic N) is 3. The molecule has 0 aromatic carbocycles. The van der Waals surface area contributed by atoms with E-state index in [9.17, 15) is 4.79 Å². The Morgan fingerprint density at radius 3 is 3.26 bits per heavy atom. The van der Waals surface area contributed by atoms with Crippen LogP contribution in [0.3, 0.4) is 0 Å². The lowest BCUT2D eigenvalue weighted by Gasteiger charge is -2.34. The topological polar surface area (TPSA) is 59.4 Å². The molecule has 1 N–H and O–H groups in total. The van der Waals surface area contributed by atoms with Crippen molar-refractivity contribution in [3.05, 3.63) is 16.4 Å². The largest absolute Gasteiger partial charge is 0.365 e.